The number of carbonyl (C=O) groups is 2. The van der Waals surface area contributed by atoms with Crippen molar-refractivity contribution in [2.45, 2.75) is 19.3 Å². The van der Waals surface area contributed by atoms with Crippen molar-refractivity contribution in [3.63, 3.8) is 0 Å². The van der Waals surface area contributed by atoms with Crippen LogP contribution in [0.5, 0.6) is 0 Å². The Bertz CT molecular complexity index is 420. The van der Waals surface area contributed by atoms with E-state index in [4.69, 9.17) is 5.11 Å². The summed E-state index contributed by atoms with van der Waals surface area (Å²) in [4.78, 5) is 22.3. The molecule has 74 valence electrons. The summed E-state index contributed by atoms with van der Waals surface area (Å²) in [6.45, 7) is 0. The molecule has 0 unspecified atom stereocenters. The van der Waals surface area contributed by atoms with Gasteiger partial charge in [0.25, 0.3) is 0 Å². The van der Waals surface area contributed by atoms with Crippen LogP contribution in [0.1, 0.15) is 39.4 Å². The first-order chi connectivity index (χ1) is 6.61. The molecule has 1 aliphatic rings. The van der Waals surface area contributed by atoms with Crippen molar-refractivity contribution >= 4 is 11.8 Å². The number of hydrogen-bond donors (Lipinski definition) is 1. The molecule has 0 saturated carbocycles. The van der Waals surface area contributed by atoms with E-state index in [1.54, 1.807) is 7.05 Å². The molecule has 0 spiro atoms. The average Bonchev–Trinajstić information content (AvgIpc) is 2.45. The Hall–Kier alpha value is -1.65. The molecular weight excluding hydrogens is 184 g/mol. The molecule has 2 rings (SSSR count). The molecule has 1 aliphatic carbocycles. The lowest BCUT2D eigenvalue weighted by molar-refractivity contribution is 0.0688. The SMILES string of the molecule is Cn1nc(C(=O)O)c2c1C(=O)CCC2. The Morgan fingerprint density at radius 1 is 1.50 bits per heavy atom. The zero-order chi connectivity index (χ0) is 10.3. The molecule has 0 saturated heterocycles. The van der Waals surface area contributed by atoms with Crippen LogP contribution < -0.4 is 0 Å². The highest BCUT2D eigenvalue weighted by Crippen LogP contribution is 2.23. The molecule has 1 N–H and O–H groups in total. The Morgan fingerprint density at radius 3 is 2.86 bits per heavy atom. The van der Waals surface area contributed by atoms with Crippen LogP contribution in [-0.2, 0) is 13.5 Å². The molecular formula is C9H10N2O3. The van der Waals surface area contributed by atoms with Crippen LogP contribution in [0, 0.1) is 0 Å². The number of nitrogens with zero attached hydrogens (tertiary/aromatic N) is 2. The molecule has 5 heteroatoms. The van der Waals surface area contributed by atoms with Gasteiger partial charge in [-0.25, -0.2) is 4.79 Å². The maximum atomic E-state index is 11.5. The highest BCUT2D eigenvalue weighted by atomic mass is 16.4. The van der Waals surface area contributed by atoms with Gasteiger partial charge >= 0.3 is 5.97 Å². The quantitative estimate of drug-likeness (QED) is 0.711. The zero-order valence-electron chi connectivity index (χ0n) is 7.78. The normalized spacial score (nSPS) is 15.4. The molecule has 0 aromatic carbocycles. The van der Waals surface area contributed by atoms with E-state index in [0.29, 0.717) is 24.1 Å². The van der Waals surface area contributed by atoms with Gasteiger partial charge in [0.15, 0.2) is 11.5 Å². The van der Waals surface area contributed by atoms with Crippen LogP contribution in [0.25, 0.3) is 0 Å². The monoisotopic (exact) mass is 194 g/mol. The Balaban J connectivity index is 2.63. The van der Waals surface area contributed by atoms with E-state index in [0.717, 1.165) is 6.42 Å². The van der Waals surface area contributed by atoms with E-state index in [1.807, 2.05) is 0 Å². The van der Waals surface area contributed by atoms with Crippen LogP contribution in [0.2, 0.25) is 0 Å². The van der Waals surface area contributed by atoms with Crippen LogP contribution in [0.3, 0.4) is 0 Å². The van der Waals surface area contributed by atoms with E-state index < -0.39 is 5.97 Å². The Labute approximate surface area is 80.3 Å². The molecule has 1 aromatic heterocycles. The minimum Gasteiger partial charge on any atom is -0.476 e. The molecule has 0 atom stereocenters. The maximum Gasteiger partial charge on any atom is 0.356 e. The van der Waals surface area contributed by atoms with Gasteiger partial charge in [0.05, 0.1) is 0 Å². The van der Waals surface area contributed by atoms with Crippen molar-refractivity contribution in [3.05, 3.63) is 17.0 Å². The van der Waals surface area contributed by atoms with Crippen molar-refractivity contribution < 1.29 is 14.7 Å². The molecule has 5 nitrogen and oxygen atoms in total. The summed E-state index contributed by atoms with van der Waals surface area (Å²) in [5.41, 5.74) is 1.08. The molecule has 0 amide bonds. The van der Waals surface area contributed by atoms with E-state index in [9.17, 15) is 9.59 Å². The van der Waals surface area contributed by atoms with Crippen LogP contribution >= 0.6 is 0 Å². The molecule has 1 aromatic rings. The van der Waals surface area contributed by atoms with Gasteiger partial charge in [-0.05, 0) is 12.8 Å². The van der Waals surface area contributed by atoms with Gasteiger partial charge in [-0.3, -0.25) is 9.48 Å². The highest BCUT2D eigenvalue weighted by Gasteiger charge is 2.28. The topological polar surface area (TPSA) is 72.2 Å². The molecule has 0 aliphatic heterocycles. The molecule has 0 bridgehead atoms. The summed E-state index contributed by atoms with van der Waals surface area (Å²) in [6, 6.07) is 0. The number of Topliss-reactive ketones (excluding diaryl/α,β-unsaturated/α-hetero) is 1. The third-order valence-electron chi connectivity index (χ3n) is 2.44. The van der Waals surface area contributed by atoms with Gasteiger partial charge in [-0.2, -0.15) is 5.10 Å². The summed E-state index contributed by atoms with van der Waals surface area (Å²) in [5, 5.41) is 12.7. The smallest absolute Gasteiger partial charge is 0.356 e. The zero-order valence-corrected chi connectivity index (χ0v) is 7.78. The number of fused-ring (bicyclic) bond motifs is 1. The van der Waals surface area contributed by atoms with E-state index in [2.05, 4.69) is 5.10 Å². The highest BCUT2D eigenvalue weighted by molar-refractivity contribution is 6.00. The van der Waals surface area contributed by atoms with Crippen molar-refractivity contribution in [2.24, 2.45) is 7.05 Å². The lowest BCUT2D eigenvalue weighted by Crippen LogP contribution is -2.14. The second-order valence-corrected chi connectivity index (χ2v) is 3.38. The number of aromatic carboxylic acids is 1. The number of ketones is 1. The Morgan fingerprint density at radius 2 is 2.21 bits per heavy atom. The first-order valence-electron chi connectivity index (χ1n) is 4.43. The van der Waals surface area contributed by atoms with Crippen molar-refractivity contribution in [1.29, 1.82) is 0 Å². The van der Waals surface area contributed by atoms with Gasteiger partial charge in [0.2, 0.25) is 0 Å². The minimum absolute atomic E-state index is 0.00579. The van der Waals surface area contributed by atoms with Crippen molar-refractivity contribution in [3.8, 4) is 0 Å². The summed E-state index contributed by atoms with van der Waals surface area (Å²) in [6.07, 6.45) is 1.85. The standard InChI is InChI=1S/C9H10N2O3/c1-11-8-5(3-2-4-6(8)12)7(10-11)9(13)14/h2-4H2,1H3,(H,13,14). The summed E-state index contributed by atoms with van der Waals surface area (Å²) < 4.78 is 1.38. The predicted octanol–water partition coefficient (Wildman–Crippen LogP) is 0.637. The number of aryl methyl sites for hydroxylation is 1. The van der Waals surface area contributed by atoms with Crippen molar-refractivity contribution in [2.75, 3.05) is 0 Å². The number of carboxylic acid groups (broad SMARTS) is 1. The van der Waals surface area contributed by atoms with Crippen molar-refractivity contribution in [1.82, 2.24) is 9.78 Å². The van der Waals surface area contributed by atoms with Crippen LogP contribution in [-0.4, -0.2) is 26.6 Å². The summed E-state index contributed by atoms with van der Waals surface area (Å²) >= 11 is 0. The second kappa shape index (κ2) is 2.94. The summed E-state index contributed by atoms with van der Waals surface area (Å²) in [7, 11) is 1.61. The van der Waals surface area contributed by atoms with E-state index >= 15 is 0 Å². The van der Waals surface area contributed by atoms with Crippen LogP contribution in [0.15, 0.2) is 0 Å². The molecule has 1 heterocycles. The number of aromatic nitrogens is 2. The maximum absolute atomic E-state index is 11.5. The first kappa shape index (κ1) is 8.93. The predicted molar refractivity (Wildman–Crippen MR) is 47.4 cm³/mol. The largest absolute Gasteiger partial charge is 0.476 e. The molecule has 0 radical (unpaired) electrons. The molecule has 14 heavy (non-hydrogen) atoms. The fraction of sp³-hybridized carbons (Fsp3) is 0.444. The third kappa shape index (κ3) is 1.13. The third-order valence-corrected chi connectivity index (χ3v) is 2.44. The van der Waals surface area contributed by atoms with Gasteiger partial charge in [-0.15, -0.1) is 0 Å². The van der Waals surface area contributed by atoms with Gasteiger partial charge in [0, 0.05) is 19.0 Å². The molecule has 0 fully saturated rings. The number of carboxylic acids is 1. The number of carbonyl (C=O) groups excluding carboxylic acids is 1. The van der Waals surface area contributed by atoms with Crippen LogP contribution in [0.4, 0.5) is 0 Å². The fourth-order valence-electron chi connectivity index (χ4n) is 1.87. The number of rotatable bonds is 1. The second-order valence-electron chi connectivity index (χ2n) is 3.38. The van der Waals surface area contributed by atoms with E-state index in [1.165, 1.54) is 4.68 Å². The first-order valence-corrected chi connectivity index (χ1v) is 4.43. The van der Waals surface area contributed by atoms with Gasteiger partial charge in [-0.1, -0.05) is 0 Å². The average molecular weight is 194 g/mol. The lowest BCUT2D eigenvalue weighted by Gasteiger charge is -2.10. The Kier molecular flexibility index (Phi) is 1.87. The van der Waals surface area contributed by atoms with E-state index in [-0.39, 0.29) is 11.5 Å². The fourth-order valence-corrected chi connectivity index (χ4v) is 1.87. The minimum atomic E-state index is -1.06. The lowest BCUT2D eigenvalue weighted by atomic mass is 9.95. The summed E-state index contributed by atoms with van der Waals surface area (Å²) in [5.74, 6) is -1.06. The van der Waals surface area contributed by atoms with Gasteiger partial charge in [0.1, 0.15) is 5.69 Å². The number of hydrogen-bond acceptors (Lipinski definition) is 3. The van der Waals surface area contributed by atoms with Gasteiger partial charge < -0.3 is 5.11 Å².